The van der Waals surface area contributed by atoms with Gasteiger partial charge >= 0.3 is 0 Å². The van der Waals surface area contributed by atoms with Crippen molar-refractivity contribution in [3.8, 4) is 0 Å². The van der Waals surface area contributed by atoms with Gasteiger partial charge in [0.25, 0.3) is 17.7 Å². The van der Waals surface area contributed by atoms with E-state index in [4.69, 9.17) is 0 Å². The Hall–Kier alpha value is -2.22. The topological polar surface area (TPSA) is 86.8 Å². The maximum absolute atomic E-state index is 12.9. The van der Waals surface area contributed by atoms with Gasteiger partial charge in [-0.05, 0) is 20.3 Å². The molecule has 3 heterocycles. The zero-order valence-electron chi connectivity index (χ0n) is 13.1. The standard InChI is InChI=1S/C15H17N3O4S/c1-4-17(3)13-10-8(7-23-13)11(20)18(12(10)21)15(2)6-5-9(19)16-14(15)22/h7H,4-6H2,1-3H3,(H,16,19,22)/t15-/m0/s1. The molecule has 8 heteroatoms. The first-order valence-corrected chi connectivity index (χ1v) is 8.25. The van der Waals surface area contributed by atoms with Crippen molar-refractivity contribution in [3.63, 3.8) is 0 Å². The third kappa shape index (κ3) is 2.08. The van der Waals surface area contributed by atoms with E-state index in [0.29, 0.717) is 17.7 Å². The minimum absolute atomic E-state index is 0.105. The summed E-state index contributed by atoms with van der Waals surface area (Å²) in [4.78, 5) is 52.1. The number of hydrogen-bond acceptors (Lipinski definition) is 6. The Labute approximate surface area is 137 Å². The molecule has 0 spiro atoms. The van der Waals surface area contributed by atoms with Crippen molar-refractivity contribution in [2.75, 3.05) is 18.5 Å². The Balaban J connectivity index is 2.02. The molecule has 1 aromatic heterocycles. The monoisotopic (exact) mass is 335 g/mol. The van der Waals surface area contributed by atoms with Crippen molar-refractivity contribution in [2.24, 2.45) is 0 Å². The molecule has 7 nitrogen and oxygen atoms in total. The van der Waals surface area contributed by atoms with Crippen molar-refractivity contribution in [1.29, 1.82) is 0 Å². The molecule has 1 atom stereocenters. The van der Waals surface area contributed by atoms with Crippen molar-refractivity contribution < 1.29 is 19.2 Å². The van der Waals surface area contributed by atoms with Crippen LogP contribution in [0, 0.1) is 0 Å². The molecule has 2 aliphatic heterocycles. The quantitative estimate of drug-likeness (QED) is 0.833. The second-order valence-corrected chi connectivity index (χ2v) is 6.80. The van der Waals surface area contributed by atoms with Gasteiger partial charge in [-0.2, -0.15) is 0 Å². The maximum atomic E-state index is 12.9. The van der Waals surface area contributed by atoms with Crippen molar-refractivity contribution >= 4 is 40.0 Å². The molecule has 1 aromatic rings. The average molecular weight is 335 g/mol. The lowest BCUT2D eigenvalue weighted by Crippen LogP contribution is -2.62. The number of carbonyl (C=O) groups excluding carboxylic acids is 4. The van der Waals surface area contributed by atoms with E-state index in [-0.39, 0.29) is 18.7 Å². The highest BCUT2D eigenvalue weighted by molar-refractivity contribution is 7.15. The zero-order valence-corrected chi connectivity index (χ0v) is 14.0. The van der Waals surface area contributed by atoms with Gasteiger partial charge < -0.3 is 4.90 Å². The highest BCUT2D eigenvalue weighted by Crippen LogP contribution is 2.41. The van der Waals surface area contributed by atoms with E-state index in [2.05, 4.69) is 5.32 Å². The summed E-state index contributed by atoms with van der Waals surface area (Å²) in [7, 11) is 1.85. The number of thiophene rings is 1. The fourth-order valence-corrected chi connectivity index (χ4v) is 3.99. The van der Waals surface area contributed by atoms with Gasteiger partial charge in [0.2, 0.25) is 5.91 Å². The molecule has 0 saturated carbocycles. The van der Waals surface area contributed by atoms with Crippen LogP contribution in [0.4, 0.5) is 5.00 Å². The SMILES string of the molecule is CCN(C)c1scc2c1C(=O)N([C@@]1(C)CCC(=O)NC1=O)C2=O. The normalized spacial score (nSPS) is 24.0. The van der Waals surface area contributed by atoms with Crippen molar-refractivity contribution in [3.05, 3.63) is 16.5 Å². The molecule has 2 aliphatic rings. The van der Waals surface area contributed by atoms with E-state index >= 15 is 0 Å². The number of imide groups is 2. The minimum atomic E-state index is -1.33. The first kappa shape index (κ1) is 15.7. The smallest absolute Gasteiger partial charge is 0.265 e. The lowest BCUT2D eigenvalue weighted by molar-refractivity contribution is -0.140. The molecular weight excluding hydrogens is 318 g/mol. The minimum Gasteiger partial charge on any atom is -0.366 e. The molecule has 1 fully saturated rings. The number of anilines is 1. The third-order valence-electron chi connectivity index (χ3n) is 4.52. The molecule has 0 aliphatic carbocycles. The molecule has 0 radical (unpaired) electrons. The molecular formula is C15H17N3O4S. The van der Waals surface area contributed by atoms with Crippen LogP contribution in [-0.2, 0) is 9.59 Å². The van der Waals surface area contributed by atoms with E-state index in [0.717, 1.165) is 9.90 Å². The van der Waals surface area contributed by atoms with Crippen LogP contribution in [0.3, 0.4) is 0 Å². The summed E-state index contributed by atoms with van der Waals surface area (Å²) in [5, 5.41) is 4.60. The molecule has 4 amide bonds. The van der Waals surface area contributed by atoms with E-state index in [1.165, 1.54) is 18.3 Å². The summed E-state index contributed by atoms with van der Waals surface area (Å²) in [5.41, 5.74) is -0.641. The number of nitrogens with one attached hydrogen (secondary N) is 1. The number of rotatable bonds is 3. The predicted octanol–water partition coefficient (Wildman–Crippen LogP) is 0.995. The van der Waals surface area contributed by atoms with Gasteiger partial charge in [-0.15, -0.1) is 11.3 Å². The van der Waals surface area contributed by atoms with Gasteiger partial charge in [-0.25, -0.2) is 0 Å². The maximum Gasteiger partial charge on any atom is 0.265 e. The average Bonchev–Trinajstić information content (AvgIpc) is 3.04. The summed E-state index contributed by atoms with van der Waals surface area (Å²) in [6.45, 7) is 4.18. The first-order chi connectivity index (χ1) is 10.8. The van der Waals surface area contributed by atoms with Crippen LogP contribution in [0.5, 0.6) is 0 Å². The lowest BCUT2D eigenvalue weighted by atomic mass is 9.89. The van der Waals surface area contributed by atoms with Gasteiger partial charge in [-0.3, -0.25) is 29.4 Å². The molecule has 23 heavy (non-hydrogen) atoms. The van der Waals surface area contributed by atoms with Gasteiger partial charge in [0, 0.05) is 25.4 Å². The van der Waals surface area contributed by atoms with Gasteiger partial charge in [0.05, 0.1) is 11.1 Å². The number of nitrogens with zero attached hydrogens (tertiary/aromatic N) is 2. The van der Waals surface area contributed by atoms with Crippen LogP contribution in [0.2, 0.25) is 0 Å². The van der Waals surface area contributed by atoms with Crippen molar-refractivity contribution in [2.45, 2.75) is 32.2 Å². The first-order valence-electron chi connectivity index (χ1n) is 7.37. The van der Waals surface area contributed by atoms with Gasteiger partial charge in [0.1, 0.15) is 10.5 Å². The molecule has 1 saturated heterocycles. The van der Waals surface area contributed by atoms with E-state index in [1.807, 2.05) is 18.9 Å². The van der Waals surface area contributed by atoms with Crippen LogP contribution in [0.1, 0.15) is 47.4 Å². The Morgan fingerprint density at radius 1 is 1.30 bits per heavy atom. The highest BCUT2D eigenvalue weighted by atomic mass is 32.1. The van der Waals surface area contributed by atoms with Crippen LogP contribution < -0.4 is 10.2 Å². The molecule has 1 N–H and O–H groups in total. The van der Waals surface area contributed by atoms with E-state index < -0.39 is 23.3 Å². The summed E-state index contributed by atoms with van der Waals surface area (Å²) in [5.74, 6) is -1.92. The fraction of sp³-hybridized carbons (Fsp3) is 0.467. The summed E-state index contributed by atoms with van der Waals surface area (Å²) < 4.78 is 0. The molecule has 3 rings (SSSR count). The Bertz CT molecular complexity index is 741. The summed E-state index contributed by atoms with van der Waals surface area (Å²) in [6.07, 6.45) is 0.246. The second-order valence-electron chi connectivity index (χ2n) is 5.94. The van der Waals surface area contributed by atoms with Gasteiger partial charge in [-0.1, -0.05) is 0 Å². The summed E-state index contributed by atoms with van der Waals surface area (Å²) >= 11 is 1.34. The van der Waals surface area contributed by atoms with Crippen LogP contribution in [-0.4, -0.2) is 47.7 Å². The molecule has 122 valence electrons. The van der Waals surface area contributed by atoms with Crippen molar-refractivity contribution in [1.82, 2.24) is 10.2 Å². The number of hydrogen-bond donors (Lipinski definition) is 1. The number of amides is 4. The predicted molar refractivity (Wildman–Crippen MR) is 84.6 cm³/mol. The molecule has 0 bridgehead atoms. The zero-order chi connectivity index (χ0) is 16.9. The van der Waals surface area contributed by atoms with Gasteiger partial charge in [0.15, 0.2) is 0 Å². The number of carbonyl (C=O) groups is 4. The summed E-state index contributed by atoms with van der Waals surface area (Å²) in [6, 6.07) is 0. The molecule has 0 aromatic carbocycles. The Morgan fingerprint density at radius 2 is 2.00 bits per heavy atom. The van der Waals surface area contributed by atoms with E-state index in [9.17, 15) is 19.2 Å². The van der Waals surface area contributed by atoms with Crippen LogP contribution >= 0.6 is 11.3 Å². The van der Waals surface area contributed by atoms with Crippen LogP contribution in [0.15, 0.2) is 5.38 Å². The number of fused-ring (bicyclic) bond motifs is 1. The largest absolute Gasteiger partial charge is 0.366 e. The third-order valence-corrected chi connectivity index (χ3v) is 5.61. The highest BCUT2D eigenvalue weighted by Gasteiger charge is 2.53. The fourth-order valence-electron chi connectivity index (χ4n) is 2.92. The second kappa shape index (κ2) is 5.16. The Morgan fingerprint density at radius 3 is 2.61 bits per heavy atom. The van der Waals surface area contributed by atoms with Crippen LogP contribution in [0.25, 0.3) is 0 Å². The number of piperidine rings is 1. The molecule has 0 unspecified atom stereocenters. The Kier molecular flexibility index (Phi) is 3.51. The van der Waals surface area contributed by atoms with E-state index in [1.54, 1.807) is 5.38 Å². The lowest BCUT2D eigenvalue weighted by Gasteiger charge is -2.38.